The number of ether oxygens (including phenoxy) is 1. The molecule has 0 aliphatic heterocycles. The molecule has 2 heterocycles. The monoisotopic (exact) mass is 271 g/mol. The number of nitrogens with zero attached hydrogens (tertiary/aromatic N) is 1. The second-order valence-corrected chi connectivity index (χ2v) is 4.52. The Balaban J connectivity index is 2.62. The fourth-order valence-electron chi connectivity index (χ4n) is 1.11. The number of rotatable bonds is 1. The van der Waals surface area contributed by atoms with Crippen LogP contribution in [0.5, 0.6) is 0 Å². The molecule has 0 spiro atoms. The van der Waals surface area contributed by atoms with Crippen molar-refractivity contribution in [3.8, 4) is 0 Å². The van der Waals surface area contributed by atoms with Gasteiger partial charge < -0.3 is 4.74 Å². The molecule has 0 bridgehead atoms. The number of halogens is 1. The molecule has 5 heteroatoms. The SMILES string of the molecule is COC(=O)c1cc2nccc(Br)c2s1. The van der Waals surface area contributed by atoms with Crippen molar-refractivity contribution in [1.82, 2.24) is 4.98 Å². The predicted molar refractivity (Wildman–Crippen MR) is 58.7 cm³/mol. The van der Waals surface area contributed by atoms with Crippen LogP contribution in [0.2, 0.25) is 0 Å². The quantitative estimate of drug-likeness (QED) is 0.749. The molecule has 0 atom stereocenters. The summed E-state index contributed by atoms with van der Waals surface area (Å²) in [5.74, 6) is -0.320. The summed E-state index contributed by atoms with van der Waals surface area (Å²) in [5.41, 5.74) is 0.810. The van der Waals surface area contributed by atoms with E-state index in [4.69, 9.17) is 0 Å². The Morgan fingerprint density at radius 2 is 2.43 bits per heavy atom. The first-order valence-electron chi connectivity index (χ1n) is 3.84. The third kappa shape index (κ3) is 1.53. The fraction of sp³-hybridized carbons (Fsp3) is 0.111. The van der Waals surface area contributed by atoms with E-state index in [9.17, 15) is 4.79 Å². The van der Waals surface area contributed by atoms with E-state index in [1.165, 1.54) is 18.4 Å². The van der Waals surface area contributed by atoms with E-state index in [0.717, 1.165) is 14.7 Å². The number of thiophene rings is 1. The Bertz CT molecular complexity index is 495. The molecule has 0 aliphatic rings. The van der Waals surface area contributed by atoms with Crippen LogP contribution in [0.4, 0.5) is 0 Å². The second kappa shape index (κ2) is 3.67. The average Bonchev–Trinajstić information content (AvgIpc) is 2.62. The van der Waals surface area contributed by atoms with Crippen LogP contribution in [0.25, 0.3) is 10.2 Å². The summed E-state index contributed by atoms with van der Waals surface area (Å²) in [6.07, 6.45) is 1.69. The van der Waals surface area contributed by atoms with Crippen LogP contribution in [0.1, 0.15) is 9.67 Å². The minimum absolute atomic E-state index is 0.320. The molecule has 3 nitrogen and oxygen atoms in total. The van der Waals surface area contributed by atoms with Gasteiger partial charge in [-0.1, -0.05) is 0 Å². The molecule has 0 radical (unpaired) electrons. The zero-order chi connectivity index (χ0) is 10.1. The van der Waals surface area contributed by atoms with Crippen LogP contribution < -0.4 is 0 Å². The molecule has 2 rings (SSSR count). The Kier molecular flexibility index (Phi) is 2.52. The number of methoxy groups -OCH3 is 1. The number of hydrogen-bond acceptors (Lipinski definition) is 4. The first-order chi connectivity index (χ1) is 6.72. The Hall–Kier alpha value is -0.940. The van der Waals surface area contributed by atoms with E-state index in [1.54, 1.807) is 12.3 Å². The van der Waals surface area contributed by atoms with E-state index in [0.29, 0.717) is 4.88 Å². The summed E-state index contributed by atoms with van der Waals surface area (Å²) in [6, 6.07) is 3.58. The molecule has 0 amide bonds. The number of esters is 1. The van der Waals surface area contributed by atoms with Gasteiger partial charge >= 0.3 is 5.97 Å². The van der Waals surface area contributed by atoms with Crippen molar-refractivity contribution in [2.24, 2.45) is 0 Å². The van der Waals surface area contributed by atoms with Crippen LogP contribution in [0.3, 0.4) is 0 Å². The van der Waals surface area contributed by atoms with Gasteiger partial charge in [0.1, 0.15) is 4.88 Å². The van der Waals surface area contributed by atoms with Crippen molar-refractivity contribution in [2.45, 2.75) is 0 Å². The third-order valence-corrected chi connectivity index (χ3v) is 3.81. The number of carbonyl (C=O) groups is 1. The topological polar surface area (TPSA) is 39.2 Å². The van der Waals surface area contributed by atoms with Crippen molar-refractivity contribution < 1.29 is 9.53 Å². The Labute approximate surface area is 92.8 Å². The molecule has 14 heavy (non-hydrogen) atoms. The highest BCUT2D eigenvalue weighted by Crippen LogP contribution is 2.30. The maximum atomic E-state index is 11.2. The summed E-state index contributed by atoms with van der Waals surface area (Å²) >= 11 is 4.77. The molecule has 0 saturated carbocycles. The second-order valence-electron chi connectivity index (χ2n) is 2.61. The standard InChI is InChI=1S/C9H6BrNO2S/c1-13-9(12)7-4-6-8(14-7)5(10)2-3-11-6/h2-4H,1H3. The van der Waals surface area contributed by atoms with Gasteiger partial charge in [0, 0.05) is 10.7 Å². The summed E-state index contributed by atoms with van der Waals surface area (Å²) in [4.78, 5) is 16.0. The molecule has 0 unspecified atom stereocenters. The number of aromatic nitrogens is 1. The summed E-state index contributed by atoms with van der Waals surface area (Å²) in [5, 5.41) is 0. The molecule has 0 fully saturated rings. The number of hydrogen-bond donors (Lipinski definition) is 0. The zero-order valence-corrected chi connectivity index (χ0v) is 9.68. The van der Waals surface area contributed by atoms with E-state index in [1.807, 2.05) is 6.07 Å². The fourth-order valence-corrected chi connectivity index (χ4v) is 2.61. The Morgan fingerprint density at radius 1 is 1.64 bits per heavy atom. The van der Waals surface area contributed by atoms with Crippen LogP contribution in [-0.4, -0.2) is 18.1 Å². The largest absolute Gasteiger partial charge is 0.465 e. The van der Waals surface area contributed by atoms with Gasteiger partial charge in [-0.3, -0.25) is 4.98 Å². The van der Waals surface area contributed by atoms with Gasteiger partial charge in [0.2, 0.25) is 0 Å². The lowest BCUT2D eigenvalue weighted by molar-refractivity contribution is 0.0606. The molecule has 0 saturated heterocycles. The van der Waals surface area contributed by atoms with E-state index >= 15 is 0 Å². The maximum absolute atomic E-state index is 11.2. The van der Waals surface area contributed by atoms with Gasteiger partial charge in [-0.15, -0.1) is 11.3 Å². The van der Waals surface area contributed by atoms with E-state index in [2.05, 4.69) is 25.7 Å². The predicted octanol–water partition coefficient (Wildman–Crippen LogP) is 2.85. The highest BCUT2D eigenvalue weighted by molar-refractivity contribution is 9.10. The normalized spacial score (nSPS) is 10.4. The van der Waals surface area contributed by atoms with Crippen LogP contribution in [0.15, 0.2) is 22.8 Å². The van der Waals surface area contributed by atoms with Gasteiger partial charge in [0.15, 0.2) is 0 Å². The van der Waals surface area contributed by atoms with Crippen LogP contribution in [0, 0.1) is 0 Å². The van der Waals surface area contributed by atoms with Gasteiger partial charge in [-0.25, -0.2) is 4.79 Å². The minimum Gasteiger partial charge on any atom is -0.465 e. The number of pyridine rings is 1. The first-order valence-corrected chi connectivity index (χ1v) is 5.45. The minimum atomic E-state index is -0.320. The maximum Gasteiger partial charge on any atom is 0.348 e. The van der Waals surface area contributed by atoms with Gasteiger partial charge in [0.05, 0.1) is 17.3 Å². The molecule has 0 aromatic carbocycles. The molecule has 2 aromatic rings. The highest BCUT2D eigenvalue weighted by atomic mass is 79.9. The van der Waals surface area contributed by atoms with Crippen molar-refractivity contribution in [1.29, 1.82) is 0 Å². The van der Waals surface area contributed by atoms with Crippen molar-refractivity contribution >= 4 is 43.5 Å². The molecule has 72 valence electrons. The average molecular weight is 272 g/mol. The lowest BCUT2D eigenvalue weighted by Crippen LogP contribution is -1.96. The van der Waals surface area contributed by atoms with Gasteiger partial charge in [0.25, 0.3) is 0 Å². The summed E-state index contributed by atoms with van der Waals surface area (Å²) in [7, 11) is 1.37. The number of fused-ring (bicyclic) bond motifs is 1. The van der Waals surface area contributed by atoms with Crippen molar-refractivity contribution in [3.05, 3.63) is 27.7 Å². The third-order valence-electron chi connectivity index (χ3n) is 1.75. The Morgan fingerprint density at radius 3 is 3.07 bits per heavy atom. The zero-order valence-electron chi connectivity index (χ0n) is 7.28. The van der Waals surface area contributed by atoms with E-state index < -0.39 is 0 Å². The van der Waals surface area contributed by atoms with E-state index in [-0.39, 0.29) is 5.97 Å². The van der Waals surface area contributed by atoms with Crippen LogP contribution >= 0.6 is 27.3 Å². The smallest absolute Gasteiger partial charge is 0.348 e. The number of carbonyl (C=O) groups excluding carboxylic acids is 1. The molecular formula is C9H6BrNO2S. The summed E-state index contributed by atoms with van der Waals surface area (Å²) < 4.78 is 6.55. The molecule has 0 aliphatic carbocycles. The van der Waals surface area contributed by atoms with Crippen molar-refractivity contribution in [3.63, 3.8) is 0 Å². The van der Waals surface area contributed by atoms with Crippen molar-refractivity contribution in [2.75, 3.05) is 7.11 Å². The molecule has 2 aromatic heterocycles. The molecule has 0 N–H and O–H groups in total. The lowest BCUT2D eigenvalue weighted by Gasteiger charge is -1.90. The van der Waals surface area contributed by atoms with Crippen LogP contribution in [-0.2, 0) is 4.74 Å². The highest BCUT2D eigenvalue weighted by Gasteiger charge is 2.12. The molecular weight excluding hydrogens is 266 g/mol. The lowest BCUT2D eigenvalue weighted by atomic mass is 10.4. The first kappa shape index (κ1) is 9.61. The van der Waals surface area contributed by atoms with Gasteiger partial charge in [-0.2, -0.15) is 0 Å². The summed E-state index contributed by atoms with van der Waals surface area (Å²) in [6.45, 7) is 0. The van der Waals surface area contributed by atoms with Gasteiger partial charge in [-0.05, 0) is 28.1 Å².